The van der Waals surface area contributed by atoms with E-state index >= 15 is 0 Å². The highest BCUT2D eigenvalue weighted by Gasteiger charge is 2.22. The Bertz CT molecular complexity index is 172. The fraction of sp³-hybridized carbons (Fsp3) is 1.00. The van der Waals surface area contributed by atoms with Crippen molar-refractivity contribution in [1.82, 2.24) is 0 Å². The van der Waals surface area contributed by atoms with Crippen LogP contribution in [0.3, 0.4) is 0 Å². The molecule has 1 saturated carbocycles. The predicted molar refractivity (Wildman–Crippen MR) is 63.2 cm³/mol. The van der Waals surface area contributed by atoms with Crippen LogP contribution in [0, 0.1) is 0 Å². The molecule has 1 fully saturated rings. The molecule has 1 aliphatic carbocycles. The van der Waals surface area contributed by atoms with E-state index in [1.54, 1.807) is 0 Å². The highest BCUT2D eigenvalue weighted by atomic mass is 16.7. The topological polar surface area (TPSA) is 53.7 Å². The lowest BCUT2D eigenvalue weighted by Crippen LogP contribution is -2.22. The van der Waals surface area contributed by atoms with Crippen LogP contribution in [0.4, 0.5) is 0 Å². The number of rotatable bonds is 8. The van der Waals surface area contributed by atoms with E-state index in [1.807, 2.05) is 13.8 Å². The van der Waals surface area contributed by atoms with Crippen molar-refractivity contribution in [2.75, 3.05) is 19.8 Å². The van der Waals surface area contributed by atoms with Crippen LogP contribution in [0.5, 0.6) is 0 Å². The lowest BCUT2D eigenvalue weighted by Gasteiger charge is -2.18. The van der Waals surface area contributed by atoms with Crippen molar-refractivity contribution in [3.05, 3.63) is 0 Å². The van der Waals surface area contributed by atoms with E-state index in [2.05, 4.69) is 0 Å². The Labute approximate surface area is 98.4 Å². The van der Waals surface area contributed by atoms with E-state index in [0.717, 1.165) is 25.7 Å². The summed E-state index contributed by atoms with van der Waals surface area (Å²) in [5.41, 5.74) is 5.82. The maximum atomic E-state index is 5.82. The van der Waals surface area contributed by atoms with Gasteiger partial charge in [-0.3, -0.25) is 0 Å². The molecule has 0 radical (unpaired) electrons. The van der Waals surface area contributed by atoms with Gasteiger partial charge in [0.15, 0.2) is 6.29 Å². The Kier molecular flexibility index (Phi) is 6.96. The van der Waals surface area contributed by atoms with Gasteiger partial charge in [0.05, 0.1) is 12.7 Å². The Morgan fingerprint density at radius 2 is 1.88 bits per heavy atom. The predicted octanol–water partition coefficient (Wildman–Crippen LogP) is 1.67. The smallest absolute Gasteiger partial charge is 0.159 e. The van der Waals surface area contributed by atoms with Crippen LogP contribution in [0.2, 0.25) is 0 Å². The van der Waals surface area contributed by atoms with Gasteiger partial charge in [-0.15, -0.1) is 0 Å². The third-order valence-electron chi connectivity index (χ3n) is 2.84. The molecule has 0 aromatic heterocycles. The summed E-state index contributed by atoms with van der Waals surface area (Å²) in [7, 11) is 0. The summed E-state index contributed by atoms with van der Waals surface area (Å²) >= 11 is 0. The molecule has 4 nitrogen and oxygen atoms in total. The average Bonchev–Trinajstić information content (AvgIpc) is 2.65. The van der Waals surface area contributed by atoms with Crippen LogP contribution < -0.4 is 5.73 Å². The standard InChI is InChI=1S/C12H25NO3/c1-3-14-12(15-4-2)7-8-16-11-6-5-10(13)9-11/h10-12H,3-9,13H2,1-2H3. The molecule has 2 unspecified atom stereocenters. The first kappa shape index (κ1) is 13.9. The highest BCUT2D eigenvalue weighted by Crippen LogP contribution is 2.20. The molecule has 4 heteroatoms. The van der Waals surface area contributed by atoms with E-state index in [0.29, 0.717) is 32.0 Å². The average molecular weight is 231 g/mol. The van der Waals surface area contributed by atoms with Crippen molar-refractivity contribution >= 4 is 0 Å². The van der Waals surface area contributed by atoms with Gasteiger partial charge in [0.1, 0.15) is 0 Å². The lowest BCUT2D eigenvalue weighted by atomic mass is 10.3. The van der Waals surface area contributed by atoms with Crippen molar-refractivity contribution in [1.29, 1.82) is 0 Å². The zero-order valence-electron chi connectivity index (χ0n) is 10.5. The van der Waals surface area contributed by atoms with Gasteiger partial charge in [-0.05, 0) is 33.1 Å². The van der Waals surface area contributed by atoms with Gasteiger partial charge in [-0.2, -0.15) is 0 Å². The van der Waals surface area contributed by atoms with Crippen LogP contribution >= 0.6 is 0 Å². The highest BCUT2D eigenvalue weighted by molar-refractivity contribution is 4.78. The molecule has 0 aromatic rings. The Balaban J connectivity index is 2.07. The molecule has 16 heavy (non-hydrogen) atoms. The summed E-state index contributed by atoms with van der Waals surface area (Å²) in [5.74, 6) is 0. The van der Waals surface area contributed by atoms with Crippen molar-refractivity contribution in [3.8, 4) is 0 Å². The van der Waals surface area contributed by atoms with Gasteiger partial charge < -0.3 is 19.9 Å². The third kappa shape index (κ3) is 5.25. The summed E-state index contributed by atoms with van der Waals surface area (Å²) in [6, 6.07) is 0.333. The normalized spacial score (nSPS) is 25.5. The van der Waals surface area contributed by atoms with Crippen molar-refractivity contribution in [2.45, 2.75) is 58.0 Å². The molecule has 0 heterocycles. The van der Waals surface area contributed by atoms with E-state index in [9.17, 15) is 0 Å². The zero-order valence-corrected chi connectivity index (χ0v) is 10.5. The van der Waals surface area contributed by atoms with Crippen LogP contribution in [0.25, 0.3) is 0 Å². The minimum absolute atomic E-state index is 0.120. The van der Waals surface area contributed by atoms with Gasteiger partial charge in [0, 0.05) is 25.7 Å². The van der Waals surface area contributed by atoms with E-state index in [-0.39, 0.29) is 6.29 Å². The summed E-state index contributed by atoms with van der Waals surface area (Å²) < 4.78 is 16.6. The minimum atomic E-state index is -0.120. The van der Waals surface area contributed by atoms with E-state index in [4.69, 9.17) is 19.9 Å². The first-order chi connectivity index (χ1) is 7.76. The van der Waals surface area contributed by atoms with Gasteiger partial charge >= 0.3 is 0 Å². The van der Waals surface area contributed by atoms with Crippen LogP contribution in [-0.4, -0.2) is 38.3 Å². The molecule has 0 amide bonds. The van der Waals surface area contributed by atoms with Gasteiger partial charge in [0.25, 0.3) is 0 Å². The number of hydrogen-bond donors (Lipinski definition) is 1. The molecule has 0 bridgehead atoms. The molecule has 1 rings (SSSR count). The molecule has 2 N–H and O–H groups in total. The van der Waals surface area contributed by atoms with Gasteiger partial charge in [-0.25, -0.2) is 0 Å². The second-order valence-electron chi connectivity index (χ2n) is 4.19. The SMILES string of the molecule is CCOC(CCOC1CCC(N)C1)OCC. The second kappa shape index (κ2) is 8.01. The van der Waals surface area contributed by atoms with Crippen molar-refractivity contribution < 1.29 is 14.2 Å². The van der Waals surface area contributed by atoms with E-state index < -0.39 is 0 Å². The van der Waals surface area contributed by atoms with Gasteiger partial charge in [0.2, 0.25) is 0 Å². The van der Waals surface area contributed by atoms with Crippen LogP contribution in [-0.2, 0) is 14.2 Å². The molecule has 1 aliphatic rings. The summed E-state index contributed by atoms with van der Waals surface area (Å²) in [6.45, 7) is 6.01. The first-order valence-electron chi connectivity index (χ1n) is 6.36. The maximum absolute atomic E-state index is 5.82. The molecular weight excluding hydrogens is 206 g/mol. The molecular formula is C12H25NO3. The summed E-state index contributed by atoms with van der Waals surface area (Å²) in [5, 5.41) is 0. The second-order valence-corrected chi connectivity index (χ2v) is 4.19. The number of nitrogens with two attached hydrogens (primary N) is 1. The summed E-state index contributed by atoms with van der Waals surface area (Å²) in [6.07, 6.45) is 4.20. The lowest BCUT2D eigenvalue weighted by molar-refractivity contribution is -0.149. The molecule has 0 spiro atoms. The Morgan fingerprint density at radius 1 is 1.19 bits per heavy atom. The summed E-state index contributed by atoms with van der Waals surface area (Å²) in [4.78, 5) is 0. The minimum Gasteiger partial charge on any atom is -0.378 e. The van der Waals surface area contributed by atoms with Crippen LogP contribution in [0.15, 0.2) is 0 Å². The Hall–Kier alpha value is -0.160. The largest absolute Gasteiger partial charge is 0.378 e. The van der Waals surface area contributed by atoms with Crippen molar-refractivity contribution in [3.63, 3.8) is 0 Å². The first-order valence-corrected chi connectivity index (χ1v) is 6.36. The quantitative estimate of drug-likeness (QED) is 0.646. The zero-order chi connectivity index (χ0) is 11.8. The van der Waals surface area contributed by atoms with Crippen LogP contribution in [0.1, 0.15) is 39.5 Å². The Morgan fingerprint density at radius 3 is 2.38 bits per heavy atom. The molecule has 0 saturated heterocycles. The third-order valence-corrected chi connectivity index (χ3v) is 2.84. The van der Waals surface area contributed by atoms with E-state index in [1.165, 1.54) is 0 Å². The number of hydrogen-bond acceptors (Lipinski definition) is 4. The fourth-order valence-electron chi connectivity index (χ4n) is 2.04. The number of ether oxygens (including phenoxy) is 3. The maximum Gasteiger partial charge on any atom is 0.159 e. The van der Waals surface area contributed by atoms with Crippen molar-refractivity contribution in [2.24, 2.45) is 5.73 Å². The fourth-order valence-corrected chi connectivity index (χ4v) is 2.04. The molecule has 2 atom stereocenters. The molecule has 0 aliphatic heterocycles. The molecule has 0 aromatic carbocycles. The molecule has 96 valence electrons. The monoisotopic (exact) mass is 231 g/mol. The van der Waals surface area contributed by atoms with Gasteiger partial charge in [-0.1, -0.05) is 0 Å².